The molecule has 1 aromatic rings. The Bertz CT molecular complexity index is 377. The summed E-state index contributed by atoms with van der Waals surface area (Å²) >= 11 is 0. The van der Waals surface area contributed by atoms with Crippen LogP contribution < -0.4 is 5.73 Å². The van der Waals surface area contributed by atoms with Crippen molar-refractivity contribution in [2.75, 3.05) is 6.54 Å². The summed E-state index contributed by atoms with van der Waals surface area (Å²) in [4.78, 5) is 14.4. The number of hydrogen-bond acceptors (Lipinski definition) is 3. The highest BCUT2D eigenvalue weighted by molar-refractivity contribution is 5.87. The molecular weight excluding hydrogens is 168 g/mol. The summed E-state index contributed by atoms with van der Waals surface area (Å²) < 4.78 is 0. The largest absolute Gasteiger partial charge is 0.478 e. The Balaban J connectivity index is 2.98. The molecule has 0 fully saturated rings. The highest BCUT2D eigenvalue weighted by Crippen LogP contribution is 1.99. The summed E-state index contributed by atoms with van der Waals surface area (Å²) in [5, 5.41) is 8.63. The predicted octanol–water partition coefficient (Wildman–Crippen LogP) is 0.0900. The van der Waals surface area contributed by atoms with Gasteiger partial charge in [-0.3, -0.25) is 0 Å². The molecule has 0 unspecified atom stereocenters. The third kappa shape index (κ3) is 2.58. The van der Waals surface area contributed by atoms with Crippen LogP contribution in [0.5, 0.6) is 0 Å². The van der Waals surface area contributed by atoms with Crippen molar-refractivity contribution >= 4 is 5.97 Å². The number of rotatable bonds is 1. The first-order valence-corrected chi connectivity index (χ1v) is 3.62. The van der Waals surface area contributed by atoms with E-state index in [2.05, 4.69) is 16.8 Å². The minimum absolute atomic E-state index is 0.177. The zero-order valence-corrected chi connectivity index (χ0v) is 6.82. The van der Waals surface area contributed by atoms with Gasteiger partial charge in [-0.25, -0.2) is 9.78 Å². The van der Waals surface area contributed by atoms with E-state index < -0.39 is 5.97 Å². The fraction of sp³-hybridized carbons (Fsp3) is 0.111. The third-order valence-electron chi connectivity index (χ3n) is 1.33. The van der Waals surface area contributed by atoms with Gasteiger partial charge in [0.15, 0.2) is 0 Å². The SMILES string of the molecule is NCC#Cc1cc(C(=O)O)ccn1. The minimum Gasteiger partial charge on any atom is -0.478 e. The molecule has 0 spiro atoms. The molecular formula is C9H8N2O2. The van der Waals surface area contributed by atoms with Gasteiger partial charge < -0.3 is 10.8 Å². The van der Waals surface area contributed by atoms with Gasteiger partial charge in [0, 0.05) is 6.20 Å². The van der Waals surface area contributed by atoms with E-state index >= 15 is 0 Å². The molecule has 13 heavy (non-hydrogen) atoms. The smallest absolute Gasteiger partial charge is 0.335 e. The molecule has 0 amide bonds. The van der Waals surface area contributed by atoms with E-state index in [1.807, 2.05) is 0 Å². The zero-order valence-electron chi connectivity index (χ0n) is 6.82. The third-order valence-corrected chi connectivity index (χ3v) is 1.33. The zero-order chi connectivity index (χ0) is 9.68. The molecule has 0 bridgehead atoms. The summed E-state index contributed by atoms with van der Waals surface area (Å²) in [6.45, 7) is 0.235. The van der Waals surface area contributed by atoms with Crippen molar-refractivity contribution in [3.8, 4) is 11.8 Å². The number of carbonyl (C=O) groups is 1. The van der Waals surface area contributed by atoms with E-state index in [0.717, 1.165) is 0 Å². The van der Waals surface area contributed by atoms with Gasteiger partial charge in [0.1, 0.15) is 5.69 Å². The fourth-order valence-electron chi connectivity index (χ4n) is 0.774. The van der Waals surface area contributed by atoms with Crippen LogP contribution in [0.25, 0.3) is 0 Å². The highest BCUT2D eigenvalue weighted by atomic mass is 16.4. The van der Waals surface area contributed by atoms with Crippen LogP contribution in [0.2, 0.25) is 0 Å². The molecule has 4 heteroatoms. The molecule has 1 rings (SSSR count). The Kier molecular flexibility index (Phi) is 3.01. The van der Waals surface area contributed by atoms with E-state index in [1.54, 1.807) is 0 Å². The fourth-order valence-corrected chi connectivity index (χ4v) is 0.774. The summed E-state index contributed by atoms with van der Waals surface area (Å²) in [5.41, 5.74) is 5.76. The van der Waals surface area contributed by atoms with Gasteiger partial charge in [0.05, 0.1) is 12.1 Å². The van der Waals surface area contributed by atoms with Gasteiger partial charge in [-0.1, -0.05) is 5.92 Å². The second-order valence-electron chi connectivity index (χ2n) is 2.24. The van der Waals surface area contributed by atoms with Gasteiger partial charge in [-0.05, 0) is 18.1 Å². The summed E-state index contributed by atoms with van der Waals surface area (Å²) in [5.74, 6) is 4.26. The number of carboxylic acids is 1. The van der Waals surface area contributed by atoms with Crippen LogP contribution in [-0.2, 0) is 0 Å². The molecule has 0 aromatic carbocycles. The van der Waals surface area contributed by atoms with Crippen molar-refractivity contribution in [2.24, 2.45) is 5.73 Å². The van der Waals surface area contributed by atoms with E-state index in [9.17, 15) is 4.79 Å². The quantitative estimate of drug-likeness (QED) is 0.594. The molecule has 4 nitrogen and oxygen atoms in total. The van der Waals surface area contributed by atoms with E-state index in [4.69, 9.17) is 10.8 Å². The van der Waals surface area contributed by atoms with Crippen molar-refractivity contribution in [1.82, 2.24) is 4.98 Å². The molecule has 0 aliphatic heterocycles. The lowest BCUT2D eigenvalue weighted by atomic mass is 10.2. The average molecular weight is 176 g/mol. The van der Waals surface area contributed by atoms with E-state index in [-0.39, 0.29) is 12.1 Å². The Labute approximate surface area is 75.4 Å². The van der Waals surface area contributed by atoms with E-state index in [0.29, 0.717) is 5.69 Å². The number of nitrogens with two attached hydrogens (primary N) is 1. The molecule has 1 heterocycles. The Morgan fingerprint density at radius 2 is 2.46 bits per heavy atom. The molecule has 0 saturated carbocycles. The van der Waals surface area contributed by atoms with Gasteiger partial charge in [0.25, 0.3) is 0 Å². The number of nitrogens with zero attached hydrogens (tertiary/aromatic N) is 1. The maximum absolute atomic E-state index is 10.5. The second kappa shape index (κ2) is 4.24. The highest BCUT2D eigenvalue weighted by Gasteiger charge is 2.01. The number of aromatic carboxylic acids is 1. The molecule has 66 valence electrons. The van der Waals surface area contributed by atoms with Crippen LogP contribution in [0.4, 0.5) is 0 Å². The Morgan fingerprint density at radius 1 is 1.69 bits per heavy atom. The molecule has 0 aliphatic carbocycles. The molecule has 0 aliphatic rings. The van der Waals surface area contributed by atoms with Crippen molar-refractivity contribution < 1.29 is 9.90 Å². The number of carboxylic acid groups (broad SMARTS) is 1. The topological polar surface area (TPSA) is 76.2 Å². The molecule has 3 N–H and O–H groups in total. The van der Waals surface area contributed by atoms with Gasteiger partial charge in [-0.2, -0.15) is 0 Å². The minimum atomic E-state index is -0.988. The van der Waals surface area contributed by atoms with Crippen LogP contribution >= 0.6 is 0 Å². The lowest BCUT2D eigenvalue weighted by Gasteiger charge is -1.93. The molecule has 0 atom stereocenters. The van der Waals surface area contributed by atoms with Gasteiger partial charge in [-0.15, -0.1) is 0 Å². The molecule has 0 radical (unpaired) electrons. The van der Waals surface area contributed by atoms with Crippen LogP contribution in [0, 0.1) is 11.8 Å². The van der Waals surface area contributed by atoms with Crippen molar-refractivity contribution in [3.63, 3.8) is 0 Å². The monoisotopic (exact) mass is 176 g/mol. The normalized spacial score (nSPS) is 8.69. The first kappa shape index (κ1) is 9.23. The standard InChI is InChI=1S/C9H8N2O2/c10-4-1-2-8-6-7(9(12)13)3-5-11-8/h3,5-6H,4,10H2,(H,12,13). The summed E-state index contributed by atoms with van der Waals surface area (Å²) in [7, 11) is 0. The van der Waals surface area contributed by atoms with Crippen LogP contribution in [0.1, 0.15) is 16.1 Å². The Hall–Kier alpha value is -1.86. The predicted molar refractivity (Wildman–Crippen MR) is 47.1 cm³/mol. The Morgan fingerprint density at radius 3 is 3.08 bits per heavy atom. The van der Waals surface area contributed by atoms with Gasteiger partial charge >= 0.3 is 5.97 Å². The van der Waals surface area contributed by atoms with Crippen LogP contribution in [-0.4, -0.2) is 22.6 Å². The van der Waals surface area contributed by atoms with Crippen LogP contribution in [0.3, 0.4) is 0 Å². The van der Waals surface area contributed by atoms with Crippen molar-refractivity contribution in [2.45, 2.75) is 0 Å². The molecule has 1 aromatic heterocycles. The second-order valence-corrected chi connectivity index (χ2v) is 2.24. The summed E-state index contributed by atoms with van der Waals surface area (Å²) in [6.07, 6.45) is 1.41. The average Bonchev–Trinajstić information content (AvgIpc) is 2.15. The van der Waals surface area contributed by atoms with E-state index in [1.165, 1.54) is 18.3 Å². The van der Waals surface area contributed by atoms with Gasteiger partial charge in [0.2, 0.25) is 0 Å². The summed E-state index contributed by atoms with van der Waals surface area (Å²) in [6, 6.07) is 2.82. The number of pyridine rings is 1. The number of hydrogen-bond donors (Lipinski definition) is 2. The lowest BCUT2D eigenvalue weighted by Crippen LogP contribution is -1.98. The first-order chi connectivity index (χ1) is 6.24. The lowest BCUT2D eigenvalue weighted by molar-refractivity contribution is 0.0696. The maximum Gasteiger partial charge on any atom is 0.335 e. The van der Waals surface area contributed by atoms with Crippen molar-refractivity contribution in [3.05, 3.63) is 29.6 Å². The van der Waals surface area contributed by atoms with Crippen LogP contribution in [0.15, 0.2) is 18.3 Å². The molecule has 0 saturated heterocycles. The number of aromatic nitrogens is 1. The maximum atomic E-state index is 10.5. The van der Waals surface area contributed by atoms with Crippen molar-refractivity contribution in [1.29, 1.82) is 0 Å². The first-order valence-electron chi connectivity index (χ1n) is 3.62.